The first-order chi connectivity index (χ1) is 20.8. The van der Waals surface area contributed by atoms with Crippen LogP contribution in [0.5, 0.6) is 11.5 Å². The van der Waals surface area contributed by atoms with Gasteiger partial charge in [-0.3, -0.25) is 4.79 Å². The molecule has 0 aromatic heterocycles. The first-order valence-electron chi connectivity index (χ1n) is 14.9. The molecule has 1 atom stereocenters. The zero-order valence-electron chi connectivity index (χ0n) is 26.3. The number of aliphatic hydroxyl groups is 1. The maximum atomic E-state index is 12.2. The number of unbranched alkanes of at least 4 members (excludes halogenated alkanes) is 2. The molecular formula is C35H47NO7. The van der Waals surface area contributed by atoms with Crippen molar-refractivity contribution in [1.82, 2.24) is 5.06 Å². The Morgan fingerprint density at radius 2 is 1.60 bits per heavy atom. The minimum absolute atomic E-state index is 0.133. The van der Waals surface area contributed by atoms with Crippen LogP contribution in [0.3, 0.4) is 0 Å². The van der Waals surface area contributed by atoms with Crippen molar-refractivity contribution in [3.05, 3.63) is 95.6 Å². The highest BCUT2D eigenvalue weighted by Crippen LogP contribution is 2.39. The van der Waals surface area contributed by atoms with Crippen LogP contribution in [0.15, 0.2) is 84.5 Å². The fraction of sp³-hybridized carbons (Fsp3) is 0.429. The molecule has 8 heteroatoms. The van der Waals surface area contributed by atoms with Gasteiger partial charge in [-0.1, -0.05) is 62.9 Å². The van der Waals surface area contributed by atoms with Gasteiger partial charge in [0.1, 0.15) is 17.1 Å². The van der Waals surface area contributed by atoms with Crippen molar-refractivity contribution in [2.24, 2.45) is 0 Å². The zero-order chi connectivity index (χ0) is 31.7. The Bertz CT molecular complexity index is 1220. The van der Waals surface area contributed by atoms with E-state index in [0.717, 1.165) is 24.8 Å². The van der Waals surface area contributed by atoms with E-state index in [-0.39, 0.29) is 18.3 Å². The average molecular weight is 594 g/mol. The standard InChI is InChI=1S/C33H41NO7.C2H6/c1-5-26(13-12-25(2)24-38-3)33(37,27-14-18-29(39-4)19-15-27)28-16-20-30(21-17-28)40-23-8-6-7-11-32(36)41-34-22-9-10-31(34)35;1-2/h5,12-21,37H,2,6-11,22-24H2,1,3-4H3;1-2H3/b13-12-,26-5+;. The molecule has 0 radical (unpaired) electrons. The molecule has 234 valence electrons. The van der Waals surface area contributed by atoms with Gasteiger partial charge in [0.25, 0.3) is 5.91 Å². The Labute approximate surface area is 256 Å². The van der Waals surface area contributed by atoms with Crippen LogP contribution in [0, 0.1) is 0 Å². The summed E-state index contributed by atoms with van der Waals surface area (Å²) >= 11 is 0. The number of rotatable bonds is 16. The lowest BCUT2D eigenvalue weighted by Gasteiger charge is -2.31. The fourth-order valence-corrected chi connectivity index (χ4v) is 4.62. The van der Waals surface area contributed by atoms with E-state index in [9.17, 15) is 14.7 Å². The molecule has 1 heterocycles. The predicted molar refractivity (Wildman–Crippen MR) is 169 cm³/mol. The summed E-state index contributed by atoms with van der Waals surface area (Å²) in [7, 11) is 3.22. The van der Waals surface area contributed by atoms with Crippen molar-refractivity contribution < 1.29 is 33.7 Å². The van der Waals surface area contributed by atoms with E-state index < -0.39 is 5.60 Å². The molecule has 1 unspecified atom stereocenters. The summed E-state index contributed by atoms with van der Waals surface area (Å²) in [5, 5.41) is 13.4. The summed E-state index contributed by atoms with van der Waals surface area (Å²) in [6, 6.07) is 14.7. The number of carbonyl (C=O) groups excluding carboxylic acids is 2. The molecule has 8 nitrogen and oxygen atoms in total. The smallest absolute Gasteiger partial charge is 0.332 e. The molecule has 43 heavy (non-hydrogen) atoms. The van der Waals surface area contributed by atoms with Gasteiger partial charge in [-0.05, 0) is 79.1 Å². The molecule has 2 aromatic carbocycles. The highest BCUT2D eigenvalue weighted by molar-refractivity contribution is 5.79. The summed E-state index contributed by atoms with van der Waals surface area (Å²) in [5.74, 6) is 0.874. The SMILES string of the molecule is C=C(/C=C\C(=C/C)C(O)(c1ccc(OC)cc1)c1ccc(OCCCCCC(=O)ON2CCCC2=O)cc1)COC.CC. The molecule has 0 spiro atoms. The maximum absolute atomic E-state index is 12.2. The number of nitrogens with zero attached hydrogens (tertiary/aromatic N) is 1. The maximum Gasteiger partial charge on any atom is 0.332 e. The minimum atomic E-state index is -1.43. The number of allylic oxidation sites excluding steroid dienone is 1. The van der Waals surface area contributed by atoms with E-state index in [1.807, 2.05) is 87.5 Å². The Morgan fingerprint density at radius 1 is 0.977 bits per heavy atom. The molecule has 0 bridgehead atoms. The van der Waals surface area contributed by atoms with Crippen molar-refractivity contribution in [1.29, 1.82) is 0 Å². The van der Waals surface area contributed by atoms with Gasteiger partial charge in [0.2, 0.25) is 0 Å². The molecule has 1 N–H and O–H groups in total. The first kappa shape index (κ1) is 35.3. The van der Waals surface area contributed by atoms with Crippen LogP contribution in [0.2, 0.25) is 0 Å². The number of carbonyl (C=O) groups is 2. The van der Waals surface area contributed by atoms with Crippen molar-refractivity contribution in [3.63, 3.8) is 0 Å². The van der Waals surface area contributed by atoms with E-state index in [0.29, 0.717) is 60.8 Å². The Hall–Kier alpha value is -3.88. The third-order valence-electron chi connectivity index (χ3n) is 6.87. The molecule has 1 fully saturated rings. The first-order valence-corrected chi connectivity index (χ1v) is 14.9. The van der Waals surface area contributed by atoms with Gasteiger partial charge in [-0.25, -0.2) is 4.79 Å². The van der Waals surface area contributed by atoms with Crippen LogP contribution in [0.1, 0.15) is 70.4 Å². The van der Waals surface area contributed by atoms with Crippen molar-refractivity contribution in [2.75, 3.05) is 34.0 Å². The van der Waals surface area contributed by atoms with Crippen LogP contribution < -0.4 is 9.47 Å². The number of ether oxygens (including phenoxy) is 3. The predicted octanol–water partition coefficient (Wildman–Crippen LogP) is 6.68. The Morgan fingerprint density at radius 3 is 2.14 bits per heavy atom. The number of methoxy groups -OCH3 is 2. The van der Waals surface area contributed by atoms with Crippen LogP contribution in [-0.2, 0) is 24.8 Å². The van der Waals surface area contributed by atoms with Gasteiger partial charge in [-0.15, -0.1) is 0 Å². The zero-order valence-corrected chi connectivity index (χ0v) is 26.3. The summed E-state index contributed by atoms with van der Waals surface area (Å²) in [5.41, 5.74) is 1.40. The van der Waals surface area contributed by atoms with Gasteiger partial charge in [-0.2, -0.15) is 5.06 Å². The van der Waals surface area contributed by atoms with Crippen LogP contribution in [0.4, 0.5) is 0 Å². The van der Waals surface area contributed by atoms with E-state index in [2.05, 4.69) is 6.58 Å². The molecule has 1 aliphatic heterocycles. The number of hydroxylamine groups is 2. The second-order valence-corrected chi connectivity index (χ2v) is 9.85. The van der Waals surface area contributed by atoms with Crippen molar-refractivity contribution >= 4 is 11.9 Å². The molecule has 0 saturated carbocycles. The van der Waals surface area contributed by atoms with Crippen LogP contribution >= 0.6 is 0 Å². The lowest BCUT2D eigenvalue weighted by Crippen LogP contribution is -2.29. The number of benzene rings is 2. The normalized spacial score (nSPS) is 14.6. The number of hydrogen-bond donors (Lipinski definition) is 1. The largest absolute Gasteiger partial charge is 0.497 e. The lowest BCUT2D eigenvalue weighted by atomic mass is 9.79. The fourth-order valence-electron chi connectivity index (χ4n) is 4.62. The van der Waals surface area contributed by atoms with Crippen LogP contribution in [-0.4, -0.2) is 56.0 Å². The second kappa shape index (κ2) is 18.6. The van der Waals surface area contributed by atoms with Gasteiger partial charge < -0.3 is 24.2 Å². The van der Waals surface area contributed by atoms with E-state index >= 15 is 0 Å². The summed E-state index contributed by atoms with van der Waals surface area (Å²) in [6.07, 6.45) is 9.23. The molecule has 1 amide bonds. The van der Waals surface area contributed by atoms with Crippen LogP contribution in [0.25, 0.3) is 0 Å². The number of hydrogen-bond acceptors (Lipinski definition) is 7. The monoisotopic (exact) mass is 593 g/mol. The number of amides is 1. The van der Waals surface area contributed by atoms with Crippen molar-refractivity contribution in [3.8, 4) is 11.5 Å². The van der Waals surface area contributed by atoms with Gasteiger partial charge in [0, 0.05) is 20.0 Å². The molecule has 1 saturated heterocycles. The molecule has 2 aromatic rings. The minimum Gasteiger partial charge on any atom is -0.497 e. The average Bonchev–Trinajstić information content (AvgIpc) is 3.44. The summed E-state index contributed by atoms with van der Waals surface area (Å²) in [4.78, 5) is 28.6. The van der Waals surface area contributed by atoms with E-state index in [1.165, 1.54) is 5.06 Å². The lowest BCUT2D eigenvalue weighted by molar-refractivity contribution is -0.192. The third-order valence-corrected chi connectivity index (χ3v) is 6.87. The molecular weight excluding hydrogens is 546 g/mol. The molecule has 0 aliphatic carbocycles. The van der Waals surface area contributed by atoms with Gasteiger partial charge >= 0.3 is 5.97 Å². The van der Waals surface area contributed by atoms with Gasteiger partial charge in [0.15, 0.2) is 0 Å². The van der Waals surface area contributed by atoms with Gasteiger partial charge in [0.05, 0.1) is 26.9 Å². The van der Waals surface area contributed by atoms with Crippen molar-refractivity contribution in [2.45, 2.75) is 64.9 Å². The summed E-state index contributed by atoms with van der Waals surface area (Å²) < 4.78 is 16.4. The molecule has 3 rings (SSSR count). The third kappa shape index (κ3) is 10.4. The highest BCUT2D eigenvalue weighted by Gasteiger charge is 2.34. The molecule has 1 aliphatic rings. The van der Waals surface area contributed by atoms with E-state index in [1.54, 1.807) is 14.2 Å². The quantitative estimate of drug-likeness (QED) is 0.171. The topological polar surface area (TPSA) is 94.5 Å². The highest BCUT2D eigenvalue weighted by atomic mass is 16.7. The summed E-state index contributed by atoms with van der Waals surface area (Å²) in [6.45, 7) is 11.2. The Kier molecular flexibility index (Phi) is 15.3. The second-order valence-electron chi connectivity index (χ2n) is 9.85. The van der Waals surface area contributed by atoms with E-state index in [4.69, 9.17) is 19.0 Å². The Balaban J connectivity index is 0.00000316.